The van der Waals surface area contributed by atoms with Crippen LogP contribution in [0.25, 0.3) is 0 Å². The van der Waals surface area contributed by atoms with Crippen molar-refractivity contribution < 1.29 is 9.53 Å². The first kappa shape index (κ1) is 13.7. The lowest BCUT2D eigenvalue weighted by molar-refractivity contribution is -0.122. The van der Waals surface area contributed by atoms with Crippen molar-refractivity contribution in [2.24, 2.45) is 11.7 Å². The normalized spacial score (nSPS) is 26.7. The van der Waals surface area contributed by atoms with E-state index in [-0.39, 0.29) is 23.9 Å². The number of hydrogen-bond donors (Lipinski definition) is 2. The van der Waals surface area contributed by atoms with Crippen LogP contribution in [-0.4, -0.2) is 31.2 Å². The van der Waals surface area contributed by atoms with Gasteiger partial charge in [-0.15, -0.1) is 12.4 Å². The minimum atomic E-state index is -0.109. The second kappa shape index (κ2) is 5.84. The van der Waals surface area contributed by atoms with Gasteiger partial charge in [0, 0.05) is 31.7 Å². The highest BCUT2D eigenvalue weighted by atomic mass is 35.5. The molecule has 1 saturated heterocycles. The van der Waals surface area contributed by atoms with Crippen molar-refractivity contribution >= 4 is 18.3 Å². The van der Waals surface area contributed by atoms with Gasteiger partial charge >= 0.3 is 0 Å². The fraction of sp³-hybridized carbons (Fsp3) is 0.909. The van der Waals surface area contributed by atoms with Gasteiger partial charge in [0.1, 0.15) is 0 Å². The Morgan fingerprint density at radius 3 is 2.75 bits per heavy atom. The van der Waals surface area contributed by atoms with Crippen LogP contribution in [0, 0.1) is 5.92 Å². The molecule has 1 unspecified atom stereocenters. The van der Waals surface area contributed by atoms with Gasteiger partial charge in [0.2, 0.25) is 5.91 Å². The van der Waals surface area contributed by atoms with Crippen LogP contribution < -0.4 is 11.1 Å². The van der Waals surface area contributed by atoms with Crippen molar-refractivity contribution in [2.45, 2.75) is 37.6 Å². The van der Waals surface area contributed by atoms with Gasteiger partial charge in [-0.2, -0.15) is 0 Å². The molecular weight excluding hydrogens is 228 g/mol. The van der Waals surface area contributed by atoms with Gasteiger partial charge in [-0.3, -0.25) is 4.79 Å². The molecule has 0 aromatic rings. The molecule has 1 heterocycles. The number of ether oxygens (including phenoxy) is 1. The van der Waals surface area contributed by atoms with E-state index >= 15 is 0 Å². The van der Waals surface area contributed by atoms with Gasteiger partial charge in [0.05, 0.1) is 0 Å². The van der Waals surface area contributed by atoms with E-state index in [0.29, 0.717) is 18.9 Å². The van der Waals surface area contributed by atoms with Crippen molar-refractivity contribution in [2.75, 3.05) is 19.8 Å². The number of carbonyl (C=O) groups excluding carboxylic acids is 1. The van der Waals surface area contributed by atoms with Gasteiger partial charge in [-0.25, -0.2) is 0 Å². The van der Waals surface area contributed by atoms with Crippen molar-refractivity contribution in [1.29, 1.82) is 0 Å². The first-order chi connectivity index (χ1) is 7.18. The molecule has 1 atom stereocenters. The summed E-state index contributed by atoms with van der Waals surface area (Å²) in [6.07, 6.45) is 4.89. The quantitative estimate of drug-likeness (QED) is 0.775. The summed E-state index contributed by atoms with van der Waals surface area (Å²) in [6.45, 7) is 2.18. The first-order valence-corrected chi connectivity index (χ1v) is 5.81. The van der Waals surface area contributed by atoms with E-state index < -0.39 is 0 Å². The third kappa shape index (κ3) is 3.61. The highest BCUT2D eigenvalue weighted by molar-refractivity contribution is 5.85. The van der Waals surface area contributed by atoms with Crippen LogP contribution in [0.2, 0.25) is 0 Å². The lowest BCUT2D eigenvalue weighted by Gasteiger charge is -2.38. The molecule has 1 aliphatic carbocycles. The first-order valence-electron chi connectivity index (χ1n) is 5.81. The van der Waals surface area contributed by atoms with Crippen LogP contribution in [0.1, 0.15) is 32.1 Å². The predicted octanol–water partition coefficient (Wildman–Crippen LogP) is 0.832. The number of hydrogen-bond acceptors (Lipinski definition) is 3. The van der Waals surface area contributed by atoms with Crippen LogP contribution in [0.15, 0.2) is 0 Å². The van der Waals surface area contributed by atoms with Gasteiger partial charge in [-0.1, -0.05) is 0 Å². The van der Waals surface area contributed by atoms with Gasteiger partial charge < -0.3 is 15.8 Å². The van der Waals surface area contributed by atoms with Gasteiger partial charge in [-0.05, 0) is 31.6 Å². The Hall–Kier alpha value is -0.320. The maximum absolute atomic E-state index is 11.6. The summed E-state index contributed by atoms with van der Waals surface area (Å²) in [5.74, 6) is 0.544. The van der Waals surface area contributed by atoms with E-state index in [4.69, 9.17) is 10.5 Å². The molecule has 2 aliphatic rings. The minimum absolute atomic E-state index is 0. The van der Waals surface area contributed by atoms with E-state index in [1.165, 1.54) is 6.42 Å². The fourth-order valence-corrected chi connectivity index (χ4v) is 2.16. The zero-order valence-corrected chi connectivity index (χ0v) is 10.4. The molecule has 1 saturated carbocycles. The molecule has 2 rings (SSSR count). The van der Waals surface area contributed by atoms with Crippen LogP contribution in [-0.2, 0) is 9.53 Å². The highest BCUT2D eigenvalue weighted by Gasteiger charge is 2.32. The second-order valence-corrected chi connectivity index (χ2v) is 4.93. The van der Waals surface area contributed by atoms with E-state index in [9.17, 15) is 4.79 Å². The van der Waals surface area contributed by atoms with Crippen molar-refractivity contribution in [3.8, 4) is 0 Å². The molecule has 16 heavy (non-hydrogen) atoms. The SMILES string of the molecule is Cl.NC1(CNC(=O)CC2CCOC2)CCC1. The van der Waals surface area contributed by atoms with Gasteiger partial charge in [0.15, 0.2) is 0 Å². The molecule has 4 nitrogen and oxygen atoms in total. The second-order valence-electron chi connectivity index (χ2n) is 4.93. The Morgan fingerprint density at radius 1 is 1.50 bits per heavy atom. The Morgan fingerprint density at radius 2 is 2.25 bits per heavy atom. The fourth-order valence-electron chi connectivity index (χ4n) is 2.16. The summed E-state index contributed by atoms with van der Waals surface area (Å²) in [6, 6.07) is 0. The molecule has 0 aromatic carbocycles. The number of rotatable bonds is 4. The van der Waals surface area contributed by atoms with Gasteiger partial charge in [0.25, 0.3) is 0 Å². The summed E-state index contributed by atoms with van der Waals surface area (Å²) in [5.41, 5.74) is 5.91. The average molecular weight is 249 g/mol. The zero-order valence-electron chi connectivity index (χ0n) is 9.54. The van der Waals surface area contributed by atoms with Crippen LogP contribution in [0.5, 0.6) is 0 Å². The number of nitrogens with one attached hydrogen (secondary N) is 1. The van der Waals surface area contributed by atoms with E-state index in [1.54, 1.807) is 0 Å². The van der Waals surface area contributed by atoms with Crippen LogP contribution in [0.3, 0.4) is 0 Å². The monoisotopic (exact) mass is 248 g/mol. The summed E-state index contributed by atoms with van der Waals surface area (Å²) in [4.78, 5) is 11.6. The highest BCUT2D eigenvalue weighted by Crippen LogP contribution is 2.28. The number of nitrogens with two attached hydrogens (primary N) is 1. The molecule has 94 valence electrons. The smallest absolute Gasteiger partial charge is 0.220 e. The lowest BCUT2D eigenvalue weighted by Crippen LogP contribution is -2.55. The van der Waals surface area contributed by atoms with E-state index in [0.717, 1.165) is 32.5 Å². The molecule has 1 aliphatic heterocycles. The summed E-state index contributed by atoms with van der Waals surface area (Å²) in [7, 11) is 0. The number of carbonyl (C=O) groups is 1. The maximum Gasteiger partial charge on any atom is 0.220 e. The Bertz CT molecular complexity index is 238. The lowest BCUT2D eigenvalue weighted by atomic mass is 9.78. The topological polar surface area (TPSA) is 64.3 Å². The number of amides is 1. The Balaban J connectivity index is 0.00000128. The third-order valence-corrected chi connectivity index (χ3v) is 3.49. The number of halogens is 1. The van der Waals surface area contributed by atoms with Crippen LogP contribution in [0.4, 0.5) is 0 Å². The molecule has 3 N–H and O–H groups in total. The molecule has 1 amide bonds. The summed E-state index contributed by atoms with van der Waals surface area (Å²) in [5, 5.41) is 2.93. The Labute approximate surface area is 103 Å². The summed E-state index contributed by atoms with van der Waals surface area (Å²) < 4.78 is 5.23. The van der Waals surface area contributed by atoms with E-state index in [1.807, 2.05) is 0 Å². The molecular formula is C11H21ClN2O2. The molecule has 2 fully saturated rings. The molecule has 0 spiro atoms. The summed E-state index contributed by atoms with van der Waals surface area (Å²) >= 11 is 0. The van der Waals surface area contributed by atoms with E-state index in [2.05, 4.69) is 5.32 Å². The van der Waals surface area contributed by atoms with Crippen molar-refractivity contribution in [1.82, 2.24) is 5.32 Å². The molecule has 0 radical (unpaired) electrons. The molecule has 0 bridgehead atoms. The molecule has 0 aromatic heterocycles. The Kier molecular flexibility index (Phi) is 5.02. The van der Waals surface area contributed by atoms with Crippen molar-refractivity contribution in [3.05, 3.63) is 0 Å². The average Bonchev–Trinajstić information content (AvgIpc) is 2.64. The zero-order chi connectivity index (χ0) is 10.7. The minimum Gasteiger partial charge on any atom is -0.381 e. The van der Waals surface area contributed by atoms with Crippen LogP contribution >= 0.6 is 12.4 Å². The third-order valence-electron chi connectivity index (χ3n) is 3.49. The maximum atomic E-state index is 11.6. The standard InChI is InChI=1S/C11H20N2O2.ClH/c12-11(3-1-4-11)8-13-10(14)6-9-2-5-15-7-9;/h9H,1-8,12H2,(H,13,14);1H. The predicted molar refractivity (Wildman–Crippen MR) is 64.6 cm³/mol. The molecule has 5 heteroatoms. The largest absolute Gasteiger partial charge is 0.381 e. The van der Waals surface area contributed by atoms with Crippen molar-refractivity contribution in [3.63, 3.8) is 0 Å².